The van der Waals surface area contributed by atoms with Crippen molar-refractivity contribution in [3.63, 3.8) is 0 Å². The van der Waals surface area contributed by atoms with Gasteiger partial charge in [-0.2, -0.15) is 5.10 Å². The van der Waals surface area contributed by atoms with E-state index in [4.69, 9.17) is 10.6 Å². The van der Waals surface area contributed by atoms with Crippen molar-refractivity contribution < 1.29 is 4.74 Å². The zero-order chi connectivity index (χ0) is 13.8. The van der Waals surface area contributed by atoms with Gasteiger partial charge in [0.15, 0.2) is 0 Å². The fourth-order valence-corrected chi connectivity index (χ4v) is 3.57. The summed E-state index contributed by atoms with van der Waals surface area (Å²) in [6.07, 6.45) is 5.56. The Balaban J connectivity index is 2.19. The summed E-state index contributed by atoms with van der Waals surface area (Å²) < 4.78 is 8.14. The van der Waals surface area contributed by atoms with Crippen LogP contribution in [-0.4, -0.2) is 23.5 Å². The molecule has 1 saturated carbocycles. The van der Waals surface area contributed by atoms with Crippen LogP contribution in [0, 0.1) is 11.8 Å². The summed E-state index contributed by atoms with van der Waals surface area (Å²) >= 11 is 3.59. The van der Waals surface area contributed by atoms with Crippen LogP contribution in [-0.2, 0) is 11.3 Å². The molecule has 5 nitrogen and oxygen atoms in total. The number of halogens is 1. The lowest BCUT2D eigenvalue weighted by Crippen LogP contribution is -2.35. The van der Waals surface area contributed by atoms with Crippen molar-refractivity contribution in [1.29, 1.82) is 0 Å². The Morgan fingerprint density at radius 1 is 1.63 bits per heavy atom. The summed E-state index contributed by atoms with van der Waals surface area (Å²) in [5.41, 5.74) is 4.13. The Bertz CT molecular complexity index is 409. The van der Waals surface area contributed by atoms with Crippen LogP contribution in [0.25, 0.3) is 0 Å². The molecule has 0 bridgehead atoms. The van der Waals surface area contributed by atoms with Gasteiger partial charge >= 0.3 is 0 Å². The Morgan fingerprint density at radius 3 is 3.00 bits per heavy atom. The third-order valence-electron chi connectivity index (χ3n) is 4.02. The van der Waals surface area contributed by atoms with Gasteiger partial charge in [-0.3, -0.25) is 16.0 Å². The van der Waals surface area contributed by atoms with E-state index in [9.17, 15) is 0 Å². The lowest BCUT2D eigenvalue weighted by molar-refractivity contribution is 0.180. The molecule has 1 aliphatic carbocycles. The SMILES string of the molecule is COCCn1ncc(Br)c1C(NN)C1CCC(C)C1. The molecule has 0 spiro atoms. The Kier molecular flexibility index (Phi) is 5.38. The minimum Gasteiger partial charge on any atom is -0.383 e. The van der Waals surface area contributed by atoms with Crippen molar-refractivity contribution in [3.8, 4) is 0 Å². The number of hydrogen-bond acceptors (Lipinski definition) is 4. The summed E-state index contributed by atoms with van der Waals surface area (Å²) in [5, 5.41) is 4.41. The second kappa shape index (κ2) is 6.83. The molecule has 3 unspecified atom stereocenters. The topological polar surface area (TPSA) is 65.1 Å². The molecule has 1 heterocycles. The molecule has 1 fully saturated rings. The van der Waals surface area contributed by atoms with Crippen molar-refractivity contribution in [3.05, 3.63) is 16.4 Å². The van der Waals surface area contributed by atoms with Gasteiger partial charge in [-0.25, -0.2) is 0 Å². The Labute approximate surface area is 123 Å². The van der Waals surface area contributed by atoms with E-state index < -0.39 is 0 Å². The molecule has 6 heteroatoms. The first-order valence-electron chi connectivity index (χ1n) is 6.83. The minimum atomic E-state index is 0.152. The van der Waals surface area contributed by atoms with Crippen LogP contribution in [0.1, 0.15) is 37.9 Å². The maximum absolute atomic E-state index is 5.81. The van der Waals surface area contributed by atoms with Crippen molar-refractivity contribution in [2.45, 2.75) is 38.8 Å². The first-order chi connectivity index (χ1) is 9.17. The van der Waals surface area contributed by atoms with E-state index in [-0.39, 0.29) is 6.04 Å². The molecule has 3 N–H and O–H groups in total. The third kappa shape index (κ3) is 3.37. The highest BCUT2D eigenvalue weighted by atomic mass is 79.9. The molecule has 0 amide bonds. The van der Waals surface area contributed by atoms with Crippen LogP contribution in [0.2, 0.25) is 0 Å². The predicted octanol–water partition coefficient (Wildman–Crippen LogP) is 2.23. The molecule has 1 aromatic heterocycles. The van der Waals surface area contributed by atoms with E-state index in [0.717, 1.165) is 22.6 Å². The van der Waals surface area contributed by atoms with Crippen LogP contribution < -0.4 is 11.3 Å². The first-order valence-corrected chi connectivity index (χ1v) is 7.63. The van der Waals surface area contributed by atoms with E-state index in [1.807, 2.05) is 10.9 Å². The lowest BCUT2D eigenvalue weighted by Gasteiger charge is -2.24. The number of hydrogen-bond donors (Lipinski definition) is 2. The molecule has 108 valence electrons. The van der Waals surface area contributed by atoms with E-state index in [1.165, 1.54) is 19.3 Å². The van der Waals surface area contributed by atoms with Gasteiger partial charge in [-0.1, -0.05) is 13.3 Å². The fourth-order valence-electron chi connectivity index (χ4n) is 3.03. The first kappa shape index (κ1) is 15.0. The van der Waals surface area contributed by atoms with Crippen LogP contribution in [0.5, 0.6) is 0 Å². The van der Waals surface area contributed by atoms with E-state index in [2.05, 4.69) is 33.4 Å². The van der Waals surface area contributed by atoms with Gasteiger partial charge in [0.25, 0.3) is 0 Å². The standard InChI is InChI=1S/C13H23BrN4O/c1-9-3-4-10(7-9)12(17-15)13-11(14)8-16-18(13)5-6-19-2/h8-10,12,17H,3-7,15H2,1-2H3. The van der Waals surface area contributed by atoms with Gasteiger partial charge in [0, 0.05) is 7.11 Å². The second-order valence-corrected chi connectivity index (χ2v) is 6.27. The molecule has 0 radical (unpaired) electrons. The minimum absolute atomic E-state index is 0.152. The maximum Gasteiger partial charge on any atom is 0.0713 e. The fraction of sp³-hybridized carbons (Fsp3) is 0.769. The summed E-state index contributed by atoms with van der Waals surface area (Å²) in [6.45, 7) is 3.71. The number of hydrazine groups is 1. The van der Waals surface area contributed by atoms with Gasteiger partial charge in [-0.15, -0.1) is 0 Å². The summed E-state index contributed by atoms with van der Waals surface area (Å²) in [4.78, 5) is 0. The average molecular weight is 331 g/mol. The monoisotopic (exact) mass is 330 g/mol. The smallest absolute Gasteiger partial charge is 0.0713 e. The van der Waals surface area contributed by atoms with E-state index in [0.29, 0.717) is 12.5 Å². The normalized spacial score (nSPS) is 24.8. The molecule has 19 heavy (non-hydrogen) atoms. The zero-order valence-electron chi connectivity index (χ0n) is 11.6. The Morgan fingerprint density at radius 2 is 2.42 bits per heavy atom. The number of rotatable bonds is 6. The lowest BCUT2D eigenvalue weighted by atomic mass is 9.95. The number of nitrogens with one attached hydrogen (secondary N) is 1. The molecular weight excluding hydrogens is 308 g/mol. The molecule has 0 aromatic carbocycles. The molecule has 0 saturated heterocycles. The summed E-state index contributed by atoms with van der Waals surface area (Å²) in [7, 11) is 1.70. The largest absolute Gasteiger partial charge is 0.383 e. The number of nitrogens with zero attached hydrogens (tertiary/aromatic N) is 2. The molecular formula is C13H23BrN4O. The second-order valence-electron chi connectivity index (χ2n) is 5.42. The van der Waals surface area contributed by atoms with E-state index >= 15 is 0 Å². The van der Waals surface area contributed by atoms with Crippen molar-refractivity contribution in [2.24, 2.45) is 17.7 Å². The predicted molar refractivity (Wildman–Crippen MR) is 78.4 cm³/mol. The molecule has 1 aliphatic rings. The molecule has 3 atom stereocenters. The van der Waals surface area contributed by atoms with Crippen LogP contribution in [0.3, 0.4) is 0 Å². The highest BCUT2D eigenvalue weighted by Gasteiger charge is 2.32. The van der Waals surface area contributed by atoms with Crippen LogP contribution in [0.15, 0.2) is 10.7 Å². The van der Waals surface area contributed by atoms with Crippen molar-refractivity contribution in [2.75, 3.05) is 13.7 Å². The average Bonchev–Trinajstić information content (AvgIpc) is 2.97. The van der Waals surface area contributed by atoms with Crippen LogP contribution in [0.4, 0.5) is 0 Å². The Hall–Kier alpha value is -0.430. The molecule has 0 aliphatic heterocycles. The third-order valence-corrected chi connectivity index (χ3v) is 4.63. The number of ether oxygens (including phenoxy) is 1. The highest BCUT2D eigenvalue weighted by molar-refractivity contribution is 9.10. The van der Waals surface area contributed by atoms with Gasteiger partial charge in [-0.05, 0) is 40.6 Å². The van der Waals surface area contributed by atoms with Crippen molar-refractivity contribution in [1.82, 2.24) is 15.2 Å². The van der Waals surface area contributed by atoms with Gasteiger partial charge < -0.3 is 4.74 Å². The molecule has 1 aromatic rings. The number of aromatic nitrogens is 2. The zero-order valence-corrected chi connectivity index (χ0v) is 13.2. The van der Waals surface area contributed by atoms with Gasteiger partial charge in [0.2, 0.25) is 0 Å². The van der Waals surface area contributed by atoms with Gasteiger partial charge in [0.1, 0.15) is 0 Å². The maximum atomic E-state index is 5.81. The molecule has 2 rings (SSSR count). The van der Waals surface area contributed by atoms with Crippen LogP contribution >= 0.6 is 15.9 Å². The number of nitrogens with two attached hydrogens (primary N) is 1. The summed E-state index contributed by atoms with van der Waals surface area (Å²) in [6, 6.07) is 0.152. The highest BCUT2D eigenvalue weighted by Crippen LogP contribution is 2.40. The quantitative estimate of drug-likeness (QED) is 0.620. The van der Waals surface area contributed by atoms with Gasteiger partial charge in [0.05, 0.1) is 35.6 Å². The van der Waals surface area contributed by atoms with Crippen molar-refractivity contribution >= 4 is 15.9 Å². The summed E-state index contributed by atoms with van der Waals surface area (Å²) in [5.74, 6) is 7.18. The van der Waals surface area contributed by atoms with E-state index in [1.54, 1.807) is 7.11 Å². The number of methoxy groups -OCH3 is 1.